The molecule has 18 heavy (non-hydrogen) atoms. The third-order valence-corrected chi connectivity index (χ3v) is 4.12. The summed E-state index contributed by atoms with van der Waals surface area (Å²) in [7, 11) is 0. The monoisotopic (exact) mass is 303 g/mol. The van der Waals surface area contributed by atoms with Crippen molar-refractivity contribution in [3.05, 3.63) is 63.4 Å². The van der Waals surface area contributed by atoms with Gasteiger partial charge >= 0.3 is 0 Å². The van der Waals surface area contributed by atoms with E-state index in [0.29, 0.717) is 6.42 Å². The molecule has 0 aliphatic carbocycles. The lowest BCUT2D eigenvalue weighted by Gasteiger charge is -2.07. The molecule has 3 heteroatoms. The smallest absolute Gasteiger partial charge is 0.167 e. The van der Waals surface area contributed by atoms with Crippen molar-refractivity contribution in [2.24, 2.45) is 0 Å². The van der Waals surface area contributed by atoms with Crippen LogP contribution in [0.5, 0.6) is 0 Å². The molecule has 0 aliphatic rings. The Morgan fingerprint density at radius 1 is 1.17 bits per heavy atom. The summed E-state index contributed by atoms with van der Waals surface area (Å²) in [5.74, 6) is 0.139. The Morgan fingerprint density at radius 3 is 2.28 bits per heavy atom. The van der Waals surface area contributed by atoms with E-state index < -0.39 is 0 Å². The molecule has 0 saturated heterocycles. The van der Waals surface area contributed by atoms with Crippen molar-refractivity contribution in [1.82, 2.24) is 4.98 Å². The summed E-state index contributed by atoms with van der Waals surface area (Å²) in [5.41, 5.74) is 3.94. The van der Waals surface area contributed by atoms with Crippen LogP contribution in [0.4, 0.5) is 0 Å². The van der Waals surface area contributed by atoms with Crippen LogP contribution in [0, 0.1) is 13.8 Å². The van der Waals surface area contributed by atoms with Crippen LogP contribution < -0.4 is 0 Å². The quantitative estimate of drug-likeness (QED) is 0.805. The summed E-state index contributed by atoms with van der Waals surface area (Å²) < 4.78 is 1.07. The van der Waals surface area contributed by atoms with Gasteiger partial charge in [-0.3, -0.25) is 9.78 Å². The molecule has 0 unspecified atom stereocenters. The van der Waals surface area contributed by atoms with Gasteiger partial charge in [0, 0.05) is 28.9 Å². The number of Topliss-reactive ketones (excluding diaryl/α,β-unsaturated/α-hetero) is 1. The van der Waals surface area contributed by atoms with Crippen LogP contribution in [0.1, 0.15) is 27.0 Å². The predicted octanol–water partition coefficient (Wildman–Crippen LogP) is 3.89. The molecule has 0 saturated carbocycles. The van der Waals surface area contributed by atoms with Crippen molar-refractivity contribution in [3.8, 4) is 0 Å². The van der Waals surface area contributed by atoms with E-state index in [-0.39, 0.29) is 5.78 Å². The van der Waals surface area contributed by atoms with E-state index in [1.54, 1.807) is 12.4 Å². The molecule has 0 atom stereocenters. The van der Waals surface area contributed by atoms with Crippen molar-refractivity contribution in [2.75, 3.05) is 0 Å². The highest BCUT2D eigenvalue weighted by molar-refractivity contribution is 9.10. The molecule has 2 rings (SSSR count). The minimum absolute atomic E-state index is 0.139. The predicted molar refractivity (Wildman–Crippen MR) is 75.9 cm³/mol. The van der Waals surface area contributed by atoms with Crippen LogP contribution >= 0.6 is 15.9 Å². The molecule has 92 valence electrons. The first-order valence-electron chi connectivity index (χ1n) is 5.77. The van der Waals surface area contributed by atoms with Crippen LogP contribution in [0.2, 0.25) is 0 Å². The Bertz CT molecular complexity index is 555. The third-order valence-electron chi connectivity index (χ3n) is 2.87. The molecule has 0 amide bonds. The SMILES string of the molecule is Cc1cc(C(=O)Cc2ccncc2)cc(C)c1Br. The van der Waals surface area contributed by atoms with Gasteiger partial charge in [-0.1, -0.05) is 15.9 Å². The standard InChI is InChI=1S/C15H14BrNO/c1-10-7-13(8-11(2)15(10)16)14(18)9-12-3-5-17-6-4-12/h3-8H,9H2,1-2H3. The number of nitrogens with zero attached hydrogens (tertiary/aromatic N) is 1. The number of aryl methyl sites for hydroxylation is 2. The molecule has 2 aromatic rings. The highest BCUT2D eigenvalue weighted by atomic mass is 79.9. The van der Waals surface area contributed by atoms with Crippen molar-refractivity contribution >= 4 is 21.7 Å². The average Bonchev–Trinajstić information content (AvgIpc) is 2.36. The Balaban J connectivity index is 2.25. The molecule has 2 nitrogen and oxygen atoms in total. The first-order chi connectivity index (χ1) is 8.58. The largest absolute Gasteiger partial charge is 0.294 e. The highest BCUT2D eigenvalue weighted by Crippen LogP contribution is 2.23. The zero-order valence-electron chi connectivity index (χ0n) is 10.4. The summed E-state index contributed by atoms with van der Waals surface area (Å²) in [6.45, 7) is 4.00. The van der Waals surface area contributed by atoms with Crippen LogP contribution in [-0.4, -0.2) is 10.8 Å². The average molecular weight is 304 g/mol. The van der Waals surface area contributed by atoms with Crippen molar-refractivity contribution in [3.63, 3.8) is 0 Å². The zero-order valence-corrected chi connectivity index (χ0v) is 12.0. The summed E-state index contributed by atoms with van der Waals surface area (Å²) in [4.78, 5) is 16.1. The van der Waals surface area contributed by atoms with Gasteiger partial charge in [-0.2, -0.15) is 0 Å². The lowest BCUT2D eigenvalue weighted by molar-refractivity contribution is 0.0993. The van der Waals surface area contributed by atoms with Crippen LogP contribution in [0.3, 0.4) is 0 Å². The molecular formula is C15H14BrNO. The maximum Gasteiger partial charge on any atom is 0.167 e. The van der Waals surface area contributed by atoms with Gasteiger partial charge in [-0.05, 0) is 54.8 Å². The zero-order chi connectivity index (χ0) is 13.1. The summed E-state index contributed by atoms with van der Waals surface area (Å²) in [5, 5.41) is 0. The number of pyridine rings is 1. The van der Waals surface area contributed by atoms with E-state index in [1.807, 2.05) is 38.1 Å². The third kappa shape index (κ3) is 2.85. The van der Waals surface area contributed by atoms with Gasteiger partial charge in [-0.15, -0.1) is 0 Å². The molecule has 1 aromatic heterocycles. The second-order valence-corrected chi connectivity index (χ2v) is 5.17. The van der Waals surface area contributed by atoms with Gasteiger partial charge < -0.3 is 0 Å². The van der Waals surface area contributed by atoms with Crippen LogP contribution in [0.25, 0.3) is 0 Å². The fourth-order valence-corrected chi connectivity index (χ4v) is 2.12. The highest BCUT2D eigenvalue weighted by Gasteiger charge is 2.10. The van der Waals surface area contributed by atoms with Crippen LogP contribution in [0.15, 0.2) is 41.1 Å². The summed E-state index contributed by atoms with van der Waals surface area (Å²) >= 11 is 3.51. The molecule has 0 radical (unpaired) electrons. The minimum Gasteiger partial charge on any atom is -0.294 e. The fraction of sp³-hybridized carbons (Fsp3) is 0.200. The number of benzene rings is 1. The Kier molecular flexibility index (Phi) is 3.92. The lowest BCUT2D eigenvalue weighted by atomic mass is 10.00. The number of aromatic nitrogens is 1. The van der Waals surface area contributed by atoms with E-state index in [1.165, 1.54) is 0 Å². The summed E-state index contributed by atoms with van der Waals surface area (Å²) in [6, 6.07) is 7.61. The number of hydrogen-bond acceptors (Lipinski definition) is 2. The van der Waals surface area contributed by atoms with E-state index in [9.17, 15) is 4.79 Å². The summed E-state index contributed by atoms with van der Waals surface area (Å²) in [6.07, 6.45) is 3.84. The first-order valence-corrected chi connectivity index (χ1v) is 6.56. The van der Waals surface area contributed by atoms with Gasteiger partial charge in [0.25, 0.3) is 0 Å². The van der Waals surface area contributed by atoms with E-state index in [2.05, 4.69) is 20.9 Å². The molecule has 0 bridgehead atoms. The Labute approximate surface area is 115 Å². The van der Waals surface area contributed by atoms with Gasteiger partial charge in [-0.25, -0.2) is 0 Å². The normalized spacial score (nSPS) is 10.4. The van der Waals surface area contributed by atoms with Gasteiger partial charge in [0.05, 0.1) is 0 Å². The van der Waals surface area contributed by atoms with Crippen molar-refractivity contribution in [1.29, 1.82) is 0 Å². The lowest BCUT2D eigenvalue weighted by Crippen LogP contribution is -2.04. The number of ketones is 1. The topological polar surface area (TPSA) is 30.0 Å². The second-order valence-electron chi connectivity index (χ2n) is 4.38. The Hall–Kier alpha value is -1.48. The first kappa shape index (κ1) is 13.0. The van der Waals surface area contributed by atoms with E-state index >= 15 is 0 Å². The Morgan fingerprint density at radius 2 is 1.72 bits per heavy atom. The maximum absolute atomic E-state index is 12.2. The maximum atomic E-state index is 12.2. The number of rotatable bonds is 3. The molecular weight excluding hydrogens is 290 g/mol. The van der Waals surface area contributed by atoms with Crippen molar-refractivity contribution < 1.29 is 4.79 Å². The number of hydrogen-bond donors (Lipinski definition) is 0. The van der Waals surface area contributed by atoms with Gasteiger partial charge in [0.1, 0.15) is 0 Å². The van der Waals surface area contributed by atoms with Crippen LogP contribution in [-0.2, 0) is 6.42 Å². The molecule has 1 heterocycles. The number of carbonyl (C=O) groups is 1. The molecule has 0 spiro atoms. The van der Waals surface area contributed by atoms with E-state index in [0.717, 1.165) is 26.7 Å². The fourth-order valence-electron chi connectivity index (χ4n) is 1.89. The van der Waals surface area contributed by atoms with Gasteiger partial charge in [0.2, 0.25) is 0 Å². The molecule has 1 aromatic carbocycles. The van der Waals surface area contributed by atoms with E-state index in [4.69, 9.17) is 0 Å². The van der Waals surface area contributed by atoms with Crippen molar-refractivity contribution in [2.45, 2.75) is 20.3 Å². The molecule has 0 aliphatic heterocycles. The minimum atomic E-state index is 0.139. The molecule has 0 N–H and O–H groups in total. The number of carbonyl (C=O) groups excluding carboxylic acids is 1. The van der Waals surface area contributed by atoms with Gasteiger partial charge in [0.15, 0.2) is 5.78 Å². The number of halogens is 1. The molecule has 0 fully saturated rings. The second kappa shape index (κ2) is 5.44.